The molecule has 0 spiro atoms. The molecular weight excluding hydrogens is 184 g/mol. The van der Waals surface area contributed by atoms with Gasteiger partial charge in [-0.05, 0) is 51.5 Å². The average molecular weight is 208 g/mol. The Hall–Kier alpha value is -0.0800. The first-order chi connectivity index (χ1) is 7.33. The third-order valence-corrected chi connectivity index (χ3v) is 4.56. The lowest BCUT2D eigenvalue weighted by atomic mass is 9.85. The van der Waals surface area contributed by atoms with E-state index in [9.17, 15) is 0 Å². The maximum atomic E-state index is 3.78. The van der Waals surface area contributed by atoms with Crippen molar-refractivity contribution >= 4 is 0 Å². The van der Waals surface area contributed by atoms with Gasteiger partial charge in [0.1, 0.15) is 0 Å². The van der Waals surface area contributed by atoms with Crippen LogP contribution >= 0.6 is 0 Å². The van der Waals surface area contributed by atoms with Crippen molar-refractivity contribution in [3.8, 4) is 0 Å². The highest BCUT2D eigenvalue weighted by atomic mass is 15.3. The van der Waals surface area contributed by atoms with E-state index in [0.29, 0.717) is 0 Å². The molecule has 86 valence electrons. The van der Waals surface area contributed by atoms with E-state index in [0.717, 1.165) is 24.0 Å². The molecule has 2 saturated carbocycles. The summed E-state index contributed by atoms with van der Waals surface area (Å²) in [5, 5.41) is 3.78. The molecule has 2 unspecified atom stereocenters. The van der Waals surface area contributed by atoms with Gasteiger partial charge < -0.3 is 5.32 Å². The lowest BCUT2D eigenvalue weighted by Crippen LogP contribution is -2.37. The maximum absolute atomic E-state index is 3.78. The smallest absolute Gasteiger partial charge is 0.0210 e. The minimum Gasteiger partial charge on any atom is -0.312 e. The monoisotopic (exact) mass is 208 g/mol. The van der Waals surface area contributed by atoms with Crippen molar-refractivity contribution in [1.82, 2.24) is 10.2 Å². The maximum Gasteiger partial charge on any atom is 0.0210 e. The highest BCUT2D eigenvalue weighted by Gasteiger charge is 2.38. The van der Waals surface area contributed by atoms with Crippen LogP contribution in [0.2, 0.25) is 0 Å². The van der Waals surface area contributed by atoms with Crippen LogP contribution in [0.1, 0.15) is 45.4 Å². The van der Waals surface area contributed by atoms with Crippen LogP contribution in [0.25, 0.3) is 0 Å². The van der Waals surface area contributed by atoms with Crippen LogP contribution in [0.5, 0.6) is 0 Å². The molecule has 15 heavy (non-hydrogen) atoms. The molecule has 2 nitrogen and oxygen atoms in total. The topological polar surface area (TPSA) is 15.3 Å². The molecule has 0 bridgehead atoms. The van der Waals surface area contributed by atoms with E-state index >= 15 is 0 Å². The van der Waals surface area contributed by atoms with E-state index in [1.807, 2.05) is 0 Å². The summed E-state index contributed by atoms with van der Waals surface area (Å²) in [7, 11) is 0. The summed E-state index contributed by atoms with van der Waals surface area (Å²) >= 11 is 0. The van der Waals surface area contributed by atoms with Crippen molar-refractivity contribution in [2.75, 3.05) is 13.1 Å². The summed E-state index contributed by atoms with van der Waals surface area (Å²) in [4.78, 5) is 2.73. The molecule has 3 aliphatic rings. The van der Waals surface area contributed by atoms with Gasteiger partial charge in [0.25, 0.3) is 0 Å². The van der Waals surface area contributed by atoms with Gasteiger partial charge in [0.15, 0.2) is 0 Å². The lowest BCUT2D eigenvalue weighted by molar-refractivity contribution is 0.251. The molecule has 1 saturated heterocycles. The Morgan fingerprint density at radius 1 is 1.20 bits per heavy atom. The summed E-state index contributed by atoms with van der Waals surface area (Å²) < 4.78 is 0. The van der Waals surface area contributed by atoms with Crippen molar-refractivity contribution in [3.63, 3.8) is 0 Å². The molecule has 0 aromatic heterocycles. The molecule has 1 N–H and O–H groups in total. The Bertz CT molecular complexity index is 221. The highest BCUT2D eigenvalue weighted by molar-refractivity contribution is 4.96. The molecular formula is C13H24N2. The summed E-state index contributed by atoms with van der Waals surface area (Å²) in [6.07, 6.45) is 8.72. The van der Waals surface area contributed by atoms with Gasteiger partial charge in [-0.2, -0.15) is 0 Å². The minimum atomic E-state index is 0.793. The summed E-state index contributed by atoms with van der Waals surface area (Å²) in [5.41, 5.74) is 0. The van der Waals surface area contributed by atoms with Gasteiger partial charge in [0, 0.05) is 24.7 Å². The zero-order valence-corrected chi connectivity index (χ0v) is 9.91. The Morgan fingerprint density at radius 2 is 2.00 bits per heavy atom. The molecule has 3 fully saturated rings. The normalized spacial score (nSPS) is 38.2. The van der Waals surface area contributed by atoms with Crippen LogP contribution in [-0.4, -0.2) is 36.1 Å². The average Bonchev–Trinajstić information content (AvgIpc) is 2.89. The van der Waals surface area contributed by atoms with Gasteiger partial charge in [0.05, 0.1) is 0 Å². The lowest BCUT2D eigenvalue weighted by Gasteiger charge is -2.27. The Kier molecular flexibility index (Phi) is 2.73. The van der Waals surface area contributed by atoms with Crippen LogP contribution in [0.4, 0.5) is 0 Å². The van der Waals surface area contributed by atoms with Crippen LogP contribution in [0.15, 0.2) is 0 Å². The molecule has 0 aromatic carbocycles. The zero-order chi connectivity index (χ0) is 10.3. The Labute approximate surface area is 93.4 Å². The molecule has 0 amide bonds. The van der Waals surface area contributed by atoms with Gasteiger partial charge in [-0.25, -0.2) is 0 Å². The minimum absolute atomic E-state index is 0.793. The molecule has 2 aliphatic carbocycles. The van der Waals surface area contributed by atoms with Gasteiger partial charge >= 0.3 is 0 Å². The number of hydrogen-bond donors (Lipinski definition) is 1. The molecule has 0 radical (unpaired) electrons. The van der Waals surface area contributed by atoms with E-state index in [4.69, 9.17) is 0 Å². The SMILES string of the molecule is CC1CC(NCC2CCC2)CN1C1CC1. The van der Waals surface area contributed by atoms with Crippen LogP contribution in [0.3, 0.4) is 0 Å². The van der Waals surface area contributed by atoms with E-state index in [2.05, 4.69) is 17.1 Å². The van der Waals surface area contributed by atoms with Gasteiger partial charge in [-0.1, -0.05) is 6.42 Å². The quantitative estimate of drug-likeness (QED) is 0.760. The molecule has 3 rings (SSSR count). The first-order valence-corrected chi connectivity index (χ1v) is 6.82. The second-order valence-corrected chi connectivity index (χ2v) is 5.91. The summed E-state index contributed by atoms with van der Waals surface area (Å²) in [5.74, 6) is 1.01. The fourth-order valence-corrected chi connectivity index (χ4v) is 3.15. The predicted octanol–water partition coefficient (Wildman–Crippen LogP) is 2.00. The third-order valence-electron chi connectivity index (χ3n) is 4.56. The number of rotatable bonds is 4. The number of likely N-dealkylation sites (tertiary alicyclic amines) is 1. The molecule has 1 aliphatic heterocycles. The van der Waals surface area contributed by atoms with E-state index < -0.39 is 0 Å². The third kappa shape index (κ3) is 2.21. The first-order valence-electron chi connectivity index (χ1n) is 6.82. The number of nitrogens with one attached hydrogen (secondary N) is 1. The summed E-state index contributed by atoms with van der Waals surface area (Å²) in [6, 6.07) is 2.58. The Morgan fingerprint density at radius 3 is 2.60 bits per heavy atom. The van der Waals surface area contributed by atoms with Crippen molar-refractivity contribution in [2.24, 2.45) is 5.92 Å². The standard InChI is InChI=1S/C13H24N2/c1-10-7-12(9-15(10)13-5-6-13)14-8-11-3-2-4-11/h10-14H,2-9H2,1H3. The number of hydrogen-bond acceptors (Lipinski definition) is 2. The predicted molar refractivity (Wildman–Crippen MR) is 62.9 cm³/mol. The van der Waals surface area contributed by atoms with Gasteiger partial charge in [-0.15, -0.1) is 0 Å². The Balaban J connectivity index is 1.42. The van der Waals surface area contributed by atoms with Crippen molar-refractivity contribution in [3.05, 3.63) is 0 Å². The second kappa shape index (κ2) is 4.06. The van der Waals surface area contributed by atoms with Crippen LogP contribution in [-0.2, 0) is 0 Å². The van der Waals surface area contributed by atoms with E-state index in [1.54, 1.807) is 0 Å². The summed E-state index contributed by atoms with van der Waals surface area (Å²) in [6.45, 7) is 5.01. The van der Waals surface area contributed by atoms with E-state index in [1.165, 1.54) is 51.6 Å². The molecule has 2 heteroatoms. The zero-order valence-electron chi connectivity index (χ0n) is 9.91. The largest absolute Gasteiger partial charge is 0.312 e. The molecule has 2 atom stereocenters. The molecule has 1 heterocycles. The van der Waals surface area contributed by atoms with Crippen molar-refractivity contribution < 1.29 is 0 Å². The fraction of sp³-hybridized carbons (Fsp3) is 1.00. The van der Waals surface area contributed by atoms with Gasteiger partial charge in [0.2, 0.25) is 0 Å². The van der Waals surface area contributed by atoms with E-state index in [-0.39, 0.29) is 0 Å². The van der Waals surface area contributed by atoms with Crippen LogP contribution < -0.4 is 5.32 Å². The van der Waals surface area contributed by atoms with Crippen molar-refractivity contribution in [1.29, 1.82) is 0 Å². The number of nitrogens with zero attached hydrogens (tertiary/aromatic N) is 1. The second-order valence-electron chi connectivity index (χ2n) is 5.91. The molecule has 0 aromatic rings. The van der Waals surface area contributed by atoms with Crippen molar-refractivity contribution in [2.45, 2.75) is 63.6 Å². The first kappa shape index (κ1) is 10.1. The van der Waals surface area contributed by atoms with Crippen LogP contribution in [0, 0.1) is 5.92 Å². The van der Waals surface area contributed by atoms with Gasteiger partial charge in [-0.3, -0.25) is 4.90 Å². The fourth-order valence-electron chi connectivity index (χ4n) is 3.15. The highest BCUT2D eigenvalue weighted by Crippen LogP contribution is 2.33.